The first kappa shape index (κ1) is 16.8. The molecule has 27 heavy (non-hydrogen) atoms. The molecule has 4 amide bonds. The molecule has 0 saturated carbocycles. The quantitative estimate of drug-likeness (QED) is 0.764. The van der Waals surface area contributed by atoms with Crippen molar-refractivity contribution in [3.8, 4) is 0 Å². The molecule has 2 N–H and O–H groups in total. The summed E-state index contributed by atoms with van der Waals surface area (Å²) in [6.07, 6.45) is 4.77. The average Bonchev–Trinajstić information content (AvgIpc) is 2.98. The third-order valence-corrected chi connectivity index (χ3v) is 4.58. The maximum atomic E-state index is 12.6. The number of rotatable bonds is 3. The Kier molecular flexibility index (Phi) is 4.11. The van der Waals surface area contributed by atoms with E-state index < -0.39 is 17.9 Å². The smallest absolute Gasteiger partial charge is 0.275 e. The highest BCUT2D eigenvalue weighted by atomic mass is 16.2. The number of piperidine rings is 1. The molecule has 0 spiro atoms. The van der Waals surface area contributed by atoms with Crippen molar-refractivity contribution < 1.29 is 19.2 Å². The number of carbonyl (C=O) groups is 4. The maximum absolute atomic E-state index is 12.6. The molecule has 4 rings (SSSR count). The Morgan fingerprint density at radius 1 is 1.22 bits per heavy atom. The fourth-order valence-electron chi connectivity index (χ4n) is 3.26. The van der Waals surface area contributed by atoms with E-state index in [2.05, 4.69) is 20.6 Å². The third kappa shape index (κ3) is 3.14. The van der Waals surface area contributed by atoms with Crippen LogP contribution in [0.2, 0.25) is 0 Å². The van der Waals surface area contributed by atoms with Crippen molar-refractivity contribution in [2.75, 3.05) is 5.32 Å². The van der Waals surface area contributed by atoms with Gasteiger partial charge in [-0.15, -0.1) is 0 Å². The summed E-state index contributed by atoms with van der Waals surface area (Å²) in [6.45, 7) is 0.245. The van der Waals surface area contributed by atoms with Gasteiger partial charge >= 0.3 is 0 Å². The Balaban J connectivity index is 1.52. The van der Waals surface area contributed by atoms with Crippen LogP contribution in [0.15, 0.2) is 36.8 Å². The number of aromatic nitrogens is 2. The number of carbonyl (C=O) groups excluding carboxylic acids is 4. The summed E-state index contributed by atoms with van der Waals surface area (Å²) < 4.78 is 0. The van der Waals surface area contributed by atoms with E-state index in [0.717, 1.165) is 0 Å². The van der Waals surface area contributed by atoms with Crippen LogP contribution in [0, 0.1) is 0 Å². The number of imide groups is 1. The Bertz CT molecular complexity index is 959. The molecule has 1 aromatic carbocycles. The molecule has 9 heteroatoms. The first-order chi connectivity index (χ1) is 13.0. The van der Waals surface area contributed by atoms with E-state index in [1.807, 2.05) is 0 Å². The molecule has 1 saturated heterocycles. The lowest BCUT2D eigenvalue weighted by atomic mass is 10.0. The van der Waals surface area contributed by atoms with Gasteiger partial charge < -0.3 is 10.2 Å². The van der Waals surface area contributed by atoms with Gasteiger partial charge in [0.2, 0.25) is 11.8 Å². The van der Waals surface area contributed by atoms with Gasteiger partial charge in [-0.05, 0) is 30.2 Å². The molecule has 1 aromatic heterocycles. The average molecular weight is 365 g/mol. The number of hydrogen-bond acceptors (Lipinski definition) is 6. The lowest BCUT2D eigenvalue weighted by Gasteiger charge is -2.29. The molecule has 1 fully saturated rings. The monoisotopic (exact) mass is 365 g/mol. The Morgan fingerprint density at radius 3 is 2.81 bits per heavy atom. The zero-order chi connectivity index (χ0) is 19.0. The van der Waals surface area contributed by atoms with Gasteiger partial charge in [-0.1, -0.05) is 0 Å². The fraction of sp³-hybridized carbons (Fsp3) is 0.222. The molecule has 1 unspecified atom stereocenters. The van der Waals surface area contributed by atoms with E-state index in [-0.39, 0.29) is 30.5 Å². The van der Waals surface area contributed by atoms with Gasteiger partial charge in [-0.25, -0.2) is 4.98 Å². The largest absolute Gasteiger partial charge is 0.322 e. The predicted octanol–water partition coefficient (Wildman–Crippen LogP) is 0.490. The van der Waals surface area contributed by atoms with Crippen molar-refractivity contribution in [1.29, 1.82) is 0 Å². The third-order valence-electron chi connectivity index (χ3n) is 4.58. The van der Waals surface area contributed by atoms with Crippen molar-refractivity contribution in [2.45, 2.75) is 25.4 Å². The topological polar surface area (TPSA) is 121 Å². The van der Waals surface area contributed by atoms with E-state index in [4.69, 9.17) is 0 Å². The summed E-state index contributed by atoms with van der Waals surface area (Å²) >= 11 is 0. The molecular weight excluding hydrogens is 350 g/mol. The van der Waals surface area contributed by atoms with Crippen LogP contribution < -0.4 is 10.6 Å². The molecule has 2 aromatic rings. The molecule has 9 nitrogen and oxygen atoms in total. The summed E-state index contributed by atoms with van der Waals surface area (Å²) in [4.78, 5) is 57.4. The van der Waals surface area contributed by atoms with Crippen molar-refractivity contribution in [3.05, 3.63) is 53.6 Å². The summed E-state index contributed by atoms with van der Waals surface area (Å²) in [5.74, 6) is -1.45. The number of nitrogens with one attached hydrogen (secondary N) is 2. The zero-order valence-electron chi connectivity index (χ0n) is 14.1. The van der Waals surface area contributed by atoms with E-state index in [1.54, 1.807) is 18.2 Å². The van der Waals surface area contributed by atoms with Gasteiger partial charge in [0.25, 0.3) is 11.8 Å². The number of fused-ring (bicyclic) bond motifs is 1. The minimum absolute atomic E-state index is 0.180. The second kappa shape index (κ2) is 6.60. The number of benzene rings is 1. The van der Waals surface area contributed by atoms with E-state index >= 15 is 0 Å². The minimum Gasteiger partial charge on any atom is -0.322 e. The molecule has 0 radical (unpaired) electrons. The van der Waals surface area contributed by atoms with Crippen LogP contribution in [0.1, 0.15) is 39.3 Å². The van der Waals surface area contributed by atoms with E-state index in [1.165, 1.54) is 23.5 Å². The van der Waals surface area contributed by atoms with Crippen LogP contribution in [-0.2, 0) is 16.1 Å². The minimum atomic E-state index is -0.666. The normalized spacial score (nSPS) is 18.9. The van der Waals surface area contributed by atoms with Crippen molar-refractivity contribution >= 4 is 29.3 Å². The predicted molar refractivity (Wildman–Crippen MR) is 92.5 cm³/mol. The molecule has 2 aliphatic heterocycles. The lowest BCUT2D eigenvalue weighted by Crippen LogP contribution is -2.52. The standard InChI is InChI=1S/C18H15N5O4/c24-15-4-3-14(17(26)22-15)23-9-10-7-11(1-2-12(10)18(23)27)21-16(25)13-8-19-5-6-20-13/h1-2,5-8,14H,3-4,9H2,(H,21,25)(H,22,24,26). The lowest BCUT2D eigenvalue weighted by molar-refractivity contribution is -0.136. The number of nitrogens with zero attached hydrogens (tertiary/aromatic N) is 3. The molecule has 0 bridgehead atoms. The highest BCUT2D eigenvalue weighted by Crippen LogP contribution is 2.29. The van der Waals surface area contributed by atoms with Crippen LogP contribution in [0.25, 0.3) is 0 Å². The zero-order valence-corrected chi connectivity index (χ0v) is 14.1. The molecule has 136 valence electrons. The SMILES string of the molecule is O=C1CCC(N2Cc3cc(NC(=O)c4cnccn4)ccc3C2=O)C(=O)N1. The second-order valence-corrected chi connectivity index (χ2v) is 6.32. The first-order valence-electron chi connectivity index (χ1n) is 8.38. The molecule has 0 aliphatic carbocycles. The number of hydrogen-bond donors (Lipinski definition) is 2. The molecule has 3 heterocycles. The maximum Gasteiger partial charge on any atom is 0.275 e. The second-order valence-electron chi connectivity index (χ2n) is 6.32. The summed E-state index contributed by atoms with van der Waals surface area (Å²) in [7, 11) is 0. The Labute approximate surface area is 153 Å². The van der Waals surface area contributed by atoms with Gasteiger partial charge in [-0.3, -0.25) is 29.5 Å². The van der Waals surface area contributed by atoms with Crippen molar-refractivity contribution in [2.24, 2.45) is 0 Å². The Hall–Kier alpha value is -3.62. The molecular formula is C18H15N5O4. The van der Waals surface area contributed by atoms with Gasteiger partial charge in [0, 0.05) is 36.6 Å². The van der Waals surface area contributed by atoms with Gasteiger partial charge in [0.1, 0.15) is 11.7 Å². The van der Waals surface area contributed by atoms with Gasteiger partial charge in [-0.2, -0.15) is 0 Å². The van der Waals surface area contributed by atoms with E-state index in [0.29, 0.717) is 23.2 Å². The Morgan fingerprint density at radius 2 is 2.07 bits per heavy atom. The van der Waals surface area contributed by atoms with Crippen LogP contribution in [0.5, 0.6) is 0 Å². The van der Waals surface area contributed by atoms with Crippen molar-refractivity contribution in [1.82, 2.24) is 20.2 Å². The summed E-state index contributed by atoms with van der Waals surface area (Å²) in [6, 6.07) is 4.28. The van der Waals surface area contributed by atoms with Crippen molar-refractivity contribution in [3.63, 3.8) is 0 Å². The fourth-order valence-corrected chi connectivity index (χ4v) is 3.26. The van der Waals surface area contributed by atoms with Crippen LogP contribution in [0.3, 0.4) is 0 Å². The molecule has 2 aliphatic rings. The van der Waals surface area contributed by atoms with Crippen LogP contribution >= 0.6 is 0 Å². The van der Waals surface area contributed by atoms with Gasteiger partial charge in [0.15, 0.2) is 0 Å². The van der Waals surface area contributed by atoms with Gasteiger partial charge in [0.05, 0.1) is 6.20 Å². The number of amides is 4. The summed E-state index contributed by atoms with van der Waals surface area (Å²) in [5, 5.41) is 4.98. The highest BCUT2D eigenvalue weighted by molar-refractivity contribution is 6.06. The van der Waals surface area contributed by atoms with Crippen LogP contribution in [0.4, 0.5) is 5.69 Å². The molecule has 1 atom stereocenters. The van der Waals surface area contributed by atoms with Crippen LogP contribution in [-0.4, -0.2) is 44.5 Å². The number of anilines is 1. The van der Waals surface area contributed by atoms with E-state index in [9.17, 15) is 19.2 Å². The first-order valence-corrected chi connectivity index (χ1v) is 8.38. The highest BCUT2D eigenvalue weighted by Gasteiger charge is 2.39. The summed E-state index contributed by atoms with van der Waals surface area (Å²) in [5.41, 5.74) is 1.89.